The highest BCUT2D eigenvalue weighted by Crippen LogP contribution is 2.31. The average Bonchev–Trinajstić information content (AvgIpc) is 2.94. The summed E-state index contributed by atoms with van der Waals surface area (Å²) in [4.78, 5) is 2.36. The highest BCUT2D eigenvalue weighted by Gasteiger charge is 2.25. The van der Waals surface area contributed by atoms with E-state index < -0.39 is 6.10 Å². The first-order valence-electron chi connectivity index (χ1n) is 7.80. The van der Waals surface area contributed by atoms with Crippen LogP contribution in [-0.4, -0.2) is 43.9 Å². The van der Waals surface area contributed by atoms with E-state index in [4.69, 9.17) is 9.47 Å². The zero-order valence-electron chi connectivity index (χ0n) is 13.3. The molecule has 0 radical (unpaired) electrons. The van der Waals surface area contributed by atoms with Crippen LogP contribution < -0.4 is 9.47 Å². The van der Waals surface area contributed by atoms with Gasteiger partial charge in [0, 0.05) is 24.7 Å². The molecule has 1 N–H and O–H groups in total. The molecule has 2 atom stereocenters. The van der Waals surface area contributed by atoms with Gasteiger partial charge in [-0.15, -0.1) is 0 Å². The smallest absolute Gasteiger partial charge is 0.128 e. The topological polar surface area (TPSA) is 41.9 Å². The summed E-state index contributed by atoms with van der Waals surface area (Å²) < 4.78 is 10.6. The lowest BCUT2D eigenvalue weighted by molar-refractivity contribution is 0.121. The lowest BCUT2D eigenvalue weighted by Crippen LogP contribution is -2.26. The Balaban J connectivity index is 1.98. The van der Waals surface area contributed by atoms with Crippen molar-refractivity contribution < 1.29 is 14.6 Å². The maximum atomic E-state index is 10.5. The molecule has 0 amide bonds. The summed E-state index contributed by atoms with van der Waals surface area (Å²) in [5, 5.41) is 10.5. The molecule has 2 rings (SSSR count). The number of aliphatic hydroxyl groups is 1. The predicted molar refractivity (Wildman–Crippen MR) is 84.0 cm³/mol. The number of aliphatic hydroxyl groups excluding tert-OH is 1. The molecule has 118 valence electrons. The monoisotopic (exact) mass is 293 g/mol. The second-order valence-corrected chi connectivity index (χ2v) is 5.83. The van der Waals surface area contributed by atoms with Gasteiger partial charge in [-0.1, -0.05) is 13.3 Å². The van der Waals surface area contributed by atoms with E-state index in [9.17, 15) is 5.11 Å². The molecule has 1 fully saturated rings. The lowest BCUT2D eigenvalue weighted by Gasteiger charge is -2.22. The quantitative estimate of drug-likeness (QED) is 0.839. The number of hydrogen-bond donors (Lipinski definition) is 1. The van der Waals surface area contributed by atoms with E-state index in [2.05, 4.69) is 11.8 Å². The van der Waals surface area contributed by atoms with Gasteiger partial charge in [-0.2, -0.15) is 0 Å². The van der Waals surface area contributed by atoms with Crippen LogP contribution in [0.1, 0.15) is 37.9 Å². The van der Waals surface area contributed by atoms with Crippen molar-refractivity contribution in [3.63, 3.8) is 0 Å². The van der Waals surface area contributed by atoms with Gasteiger partial charge in [0.15, 0.2) is 0 Å². The van der Waals surface area contributed by atoms with Crippen molar-refractivity contribution in [3.8, 4) is 11.5 Å². The van der Waals surface area contributed by atoms with Crippen LogP contribution in [0.15, 0.2) is 18.2 Å². The standard InChI is InChI=1S/C17H27NO3/c1-4-5-13-8-9-18(11-13)12-16(19)15-7-6-14(20-2)10-17(15)21-3/h6-7,10,13,16,19H,4-5,8-9,11-12H2,1-3H3. The highest BCUT2D eigenvalue weighted by molar-refractivity contribution is 5.42. The molecule has 4 heteroatoms. The first-order chi connectivity index (χ1) is 10.2. The van der Waals surface area contributed by atoms with Crippen LogP contribution in [0.5, 0.6) is 11.5 Å². The summed E-state index contributed by atoms with van der Waals surface area (Å²) >= 11 is 0. The lowest BCUT2D eigenvalue weighted by atomic mass is 10.0. The minimum absolute atomic E-state index is 0.522. The van der Waals surface area contributed by atoms with Gasteiger partial charge < -0.3 is 19.5 Å². The SMILES string of the molecule is CCCC1CCN(CC(O)c2ccc(OC)cc2OC)C1. The molecular weight excluding hydrogens is 266 g/mol. The van der Waals surface area contributed by atoms with Gasteiger partial charge in [0.2, 0.25) is 0 Å². The second kappa shape index (κ2) is 7.66. The molecule has 4 nitrogen and oxygen atoms in total. The van der Waals surface area contributed by atoms with Gasteiger partial charge in [-0.25, -0.2) is 0 Å². The molecule has 1 aromatic rings. The number of hydrogen-bond acceptors (Lipinski definition) is 4. The fraction of sp³-hybridized carbons (Fsp3) is 0.647. The Hall–Kier alpha value is -1.26. The second-order valence-electron chi connectivity index (χ2n) is 5.83. The van der Waals surface area contributed by atoms with Crippen molar-refractivity contribution in [3.05, 3.63) is 23.8 Å². The Bertz CT molecular complexity index is 450. The van der Waals surface area contributed by atoms with Crippen LogP contribution in [0, 0.1) is 5.92 Å². The maximum absolute atomic E-state index is 10.5. The van der Waals surface area contributed by atoms with E-state index >= 15 is 0 Å². The Morgan fingerprint density at radius 3 is 2.81 bits per heavy atom. The van der Waals surface area contributed by atoms with E-state index in [0.29, 0.717) is 12.3 Å². The molecule has 0 bridgehead atoms. The van der Waals surface area contributed by atoms with Crippen molar-refractivity contribution in [2.24, 2.45) is 5.92 Å². The first kappa shape index (κ1) is 16.1. The van der Waals surface area contributed by atoms with Crippen molar-refractivity contribution in [1.82, 2.24) is 4.90 Å². The van der Waals surface area contributed by atoms with Gasteiger partial charge in [-0.3, -0.25) is 0 Å². The third-order valence-corrected chi connectivity index (χ3v) is 4.30. The largest absolute Gasteiger partial charge is 0.497 e. The zero-order chi connectivity index (χ0) is 15.2. The number of ether oxygens (including phenoxy) is 2. The van der Waals surface area contributed by atoms with Crippen molar-refractivity contribution in [1.29, 1.82) is 0 Å². The van der Waals surface area contributed by atoms with Crippen LogP contribution in [0.3, 0.4) is 0 Å². The fourth-order valence-corrected chi connectivity index (χ4v) is 3.16. The summed E-state index contributed by atoms with van der Waals surface area (Å²) in [6.07, 6.45) is 3.26. The molecule has 0 spiro atoms. The van der Waals surface area contributed by atoms with Crippen molar-refractivity contribution in [2.75, 3.05) is 33.9 Å². The van der Waals surface area contributed by atoms with Gasteiger partial charge >= 0.3 is 0 Å². The molecule has 1 saturated heterocycles. The molecule has 1 aliphatic rings. The molecule has 0 aromatic heterocycles. The number of nitrogens with zero attached hydrogens (tertiary/aromatic N) is 1. The molecule has 1 aromatic carbocycles. The van der Waals surface area contributed by atoms with Crippen LogP contribution in [0.2, 0.25) is 0 Å². The Morgan fingerprint density at radius 1 is 1.33 bits per heavy atom. The van der Waals surface area contributed by atoms with Crippen LogP contribution >= 0.6 is 0 Å². The Morgan fingerprint density at radius 2 is 2.14 bits per heavy atom. The highest BCUT2D eigenvalue weighted by atomic mass is 16.5. The number of methoxy groups -OCH3 is 2. The summed E-state index contributed by atoms with van der Waals surface area (Å²) in [7, 11) is 3.25. The van der Waals surface area contributed by atoms with E-state index in [0.717, 1.165) is 30.3 Å². The zero-order valence-corrected chi connectivity index (χ0v) is 13.3. The predicted octanol–water partition coefficient (Wildman–Crippen LogP) is 2.86. The van der Waals surface area contributed by atoms with E-state index in [1.165, 1.54) is 19.3 Å². The minimum Gasteiger partial charge on any atom is -0.497 e. The van der Waals surface area contributed by atoms with Gasteiger partial charge in [-0.05, 0) is 37.4 Å². The number of benzene rings is 1. The fourth-order valence-electron chi connectivity index (χ4n) is 3.16. The van der Waals surface area contributed by atoms with Gasteiger partial charge in [0.05, 0.1) is 20.3 Å². The third-order valence-electron chi connectivity index (χ3n) is 4.30. The normalized spacial score (nSPS) is 20.5. The van der Waals surface area contributed by atoms with Crippen LogP contribution in [0.4, 0.5) is 0 Å². The Labute approximate surface area is 127 Å². The summed E-state index contributed by atoms with van der Waals surface area (Å²) in [5.74, 6) is 2.22. The molecule has 1 heterocycles. The summed E-state index contributed by atoms with van der Waals surface area (Å²) in [6, 6.07) is 5.58. The molecule has 0 aliphatic carbocycles. The number of rotatable bonds is 7. The molecule has 1 aliphatic heterocycles. The molecule has 21 heavy (non-hydrogen) atoms. The van der Waals surface area contributed by atoms with E-state index in [1.807, 2.05) is 18.2 Å². The maximum Gasteiger partial charge on any atom is 0.128 e. The van der Waals surface area contributed by atoms with E-state index in [1.54, 1.807) is 14.2 Å². The molecule has 0 saturated carbocycles. The van der Waals surface area contributed by atoms with Gasteiger partial charge in [0.1, 0.15) is 11.5 Å². The minimum atomic E-state index is -0.522. The van der Waals surface area contributed by atoms with Crippen molar-refractivity contribution >= 4 is 0 Å². The first-order valence-corrected chi connectivity index (χ1v) is 7.80. The van der Waals surface area contributed by atoms with E-state index in [-0.39, 0.29) is 0 Å². The van der Waals surface area contributed by atoms with Crippen LogP contribution in [0.25, 0.3) is 0 Å². The van der Waals surface area contributed by atoms with Gasteiger partial charge in [0.25, 0.3) is 0 Å². The summed E-state index contributed by atoms with van der Waals surface area (Å²) in [5.41, 5.74) is 0.831. The summed E-state index contributed by atoms with van der Waals surface area (Å²) in [6.45, 7) is 5.09. The Kier molecular flexibility index (Phi) is 5.88. The van der Waals surface area contributed by atoms with Crippen molar-refractivity contribution in [2.45, 2.75) is 32.3 Å². The third kappa shape index (κ3) is 4.11. The molecular formula is C17H27NO3. The average molecular weight is 293 g/mol. The number of β-amino-alcohol motifs (C(OH)–C–C–N with tert-alkyl or cyclic N) is 1. The van der Waals surface area contributed by atoms with Crippen LogP contribution in [-0.2, 0) is 0 Å². The number of likely N-dealkylation sites (tertiary alicyclic amines) is 1. The molecule has 2 unspecified atom stereocenters.